The van der Waals surface area contributed by atoms with E-state index < -0.39 is 34.6 Å². The van der Waals surface area contributed by atoms with Gasteiger partial charge in [0.15, 0.2) is 0 Å². The minimum atomic E-state index is -3.79. The summed E-state index contributed by atoms with van der Waals surface area (Å²) in [5.74, 6) is -1.43. The molecular weight excluding hydrogens is 298 g/mol. The van der Waals surface area contributed by atoms with Gasteiger partial charge in [-0.1, -0.05) is 17.7 Å². The maximum Gasteiger partial charge on any atom is 0.347 e. The van der Waals surface area contributed by atoms with Gasteiger partial charge in [-0.05, 0) is 19.1 Å². The fourth-order valence-electron chi connectivity index (χ4n) is 1.74. The zero-order chi connectivity index (χ0) is 15.5. The van der Waals surface area contributed by atoms with Crippen molar-refractivity contribution in [3.8, 4) is 0 Å². The van der Waals surface area contributed by atoms with E-state index in [2.05, 4.69) is 9.46 Å². The Kier molecular flexibility index (Phi) is 4.59. The monoisotopic (exact) mass is 313 g/mol. The highest BCUT2D eigenvalue weighted by molar-refractivity contribution is 7.89. The highest BCUT2D eigenvalue weighted by atomic mass is 32.2. The minimum Gasteiger partial charge on any atom is -0.463 e. The summed E-state index contributed by atoms with van der Waals surface area (Å²) < 4.78 is 35.5. The second-order valence-corrected chi connectivity index (χ2v) is 6.34. The number of carbonyl (C=O) groups is 2. The van der Waals surface area contributed by atoms with E-state index in [1.165, 1.54) is 12.1 Å². The van der Waals surface area contributed by atoms with Gasteiger partial charge in [-0.15, -0.1) is 0 Å². The molecule has 0 aliphatic carbocycles. The Hall–Kier alpha value is -1.93. The smallest absolute Gasteiger partial charge is 0.347 e. The van der Waals surface area contributed by atoms with Crippen molar-refractivity contribution in [1.29, 1.82) is 0 Å². The summed E-state index contributed by atoms with van der Waals surface area (Å²) in [5, 5.41) is 0. The minimum absolute atomic E-state index is 0.0566. The van der Waals surface area contributed by atoms with Crippen molar-refractivity contribution in [2.75, 3.05) is 13.2 Å². The molecule has 1 N–H and O–H groups in total. The van der Waals surface area contributed by atoms with Crippen LogP contribution in [0.3, 0.4) is 0 Å². The summed E-state index contributed by atoms with van der Waals surface area (Å²) in [6.07, 6.45) is -0.656. The molecule has 1 atom stereocenters. The Morgan fingerprint density at radius 2 is 2.05 bits per heavy atom. The SMILES string of the molecule is Cc1ccc(S(=O)(=O)NCC(=O)O[C@H]2CCOC2=O)cc1. The number of hydrogen-bond donors (Lipinski definition) is 1. The molecule has 1 heterocycles. The van der Waals surface area contributed by atoms with E-state index in [1.54, 1.807) is 12.1 Å². The van der Waals surface area contributed by atoms with Gasteiger partial charge in [0.25, 0.3) is 0 Å². The van der Waals surface area contributed by atoms with Gasteiger partial charge in [0, 0.05) is 6.42 Å². The van der Waals surface area contributed by atoms with Gasteiger partial charge < -0.3 is 9.47 Å². The fraction of sp³-hybridized carbons (Fsp3) is 0.385. The number of aryl methyl sites for hydroxylation is 1. The third-order valence-corrected chi connectivity index (χ3v) is 4.32. The molecule has 0 bridgehead atoms. The van der Waals surface area contributed by atoms with Crippen molar-refractivity contribution < 1.29 is 27.5 Å². The molecule has 2 rings (SSSR count). The van der Waals surface area contributed by atoms with Gasteiger partial charge in [0.2, 0.25) is 16.1 Å². The summed E-state index contributed by atoms with van der Waals surface area (Å²) in [6, 6.07) is 6.19. The highest BCUT2D eigenvalue weighted by Gasteiger charge is 2.30. The van der Waals surface area contributed by atoms with Gasteiger partial charge in [-0.25, -0.2) is 13.2 Å². The van der Waals surface area contributed by atoms with Crippen LogP contribution in [-0.2, 0) is 29.1 Å². The molecule has 0 aromatic heterocycles. The van der Waals surface area contributed by atoms with Crippen molar-refractivity contribution in [2.24, 2.45) is 0 Å². The van der Waals surface area contributed by atoms with Crippen molar-refractivity contribution in [3.63, 3.8) is 0 Å². The van der Waals surface area contributed by atoms with Gasteiger partial charge in [-0.2, -0.15) is 4.72 Å². The molecule has 1 aromatic rings. The fourth-order valence-corrected chi connectivity index (χ4v) is 2.71. The standard InChI is InChI=1S/C13H15NO6S/c1-9-2-4-10(5-3-9)21(17,18)14-8-12(15)20-11-6-7-19-13(11)16/h2-5,11,14H,6-8H2,1H3/t11-/m0/s1. The van der Waals surface area contributed by atoms with E-state index in [1.807, 2.05) is 6.92 Å². The number of cyclic esters (lactones) is 1. The third kappa shape index (κ3) is 4.02. The quantitative estimate of drug-likeness (QED) is 0.776. The lowest BCUT2D eigenvalue weighted by Gasteiger charge is -2.09. The largest absolute Gasteiger partial charge is 0.463 e. The highest BCUT2D eigenvalue weighted by Crippen LogP contribution is 2.11. The van der Waals surface area contributed by atoms with Gasteiger partial charge >= 0.3 is 11.9 Å². The summed E-state index contributed by atoms with van der Waals surface area (Å²) in [7, 11) is -3.79. The van der Waals surface area contributed by atoms with Crippen LogP contribution in [0, 0.1) is 6.92 Å². The normalized spacial score (nSPS) is 18.3. The summed E-state index contributed by atoms with van der Waals surface area (Å²) in [6.45, 7) is 1.49. The van der Waals surface area contributed by atoms with Crippen LogP contribution in [0.5, 0.6) is 0 Å². The number of rotatable bonds is 5. The molecule has 1 aliphatic heterocycles. The Labute approximate surface area is 122 Å². The van der Waals surface area contributed by atoms with E-state index in [-0.39, 0.29) is 17.9 Å². The molecule has 1 fully saturated rings. The van der Waals surface area contributed by atoms with Gasteiger partial charge in [0.05, 0.1) is 11.5 Å². The van der Waals surface area contributed by atoms with Crippen LogP contribution >= 0.6 is 0 Å². The molecule has 0 unspecified atom stereocenters. The van der Waals surface area contributed by atoms with Crippen LogP contribution in [0.2, 0.25) is 0 Å². The van der Waals surface area contributed by atoms with Crippen molar-refractivity contribution in [3.05, 3.63) is 29.8 Å². The van der Waals surface area contributed by atoms with Gasteiger partial charge in [0.1, 0.15) is 6.54 Å². The van der Waals surface area contributed by atoms with E-state index in [0.717, 1.165) is 5.56 Å². The first-order valence-corrected chi connectivity index (χ1v) is 7.79. The Bertz CT molecular complexity index is 637. The zero-order valence-electron chi connectivity index (χ0n) is 11.4. The van der Waals surface area contributed by atoms with E-state index in [0.29, 0.717) is 0 Å². The van der Waals surface area contributed by atoms with E-state index >= 15 is 0 Å². The van der Waals surface area contributed by atoms with Crippen LogP contribution in [0.15, 0.2) is 29.2 Å². The molecule has 0 spiro atoms. The molecule has 1 saturated heterocycles. The Morgan fingerprint density at radius 1 is 1.38 bits per heavy atom. The molecular formula is C13H15NO6S. The van der Waals surface area contributed by atoms with E-state index in [9.17, 15) is 18.0 Å². The topological polar surface area (TPSA) is 98.8 Å². The van der Waals surface area contributed by atoms with Crippen LogP contribution < -0.4 is 4.72 Å². The zero-order valence-corrected chi connectivity index (χ0v) is 12.2. The second kappa shape index (κ2) is 6.23. The van der Waals surface area contributed by atoms with Crippen LogP contribution in [0.4, 0.5) is 0 Å². The number of sulfonamides is 1. The Morgan fingerprint density at radius 3 is 2.62 bits per heavy atom. The maximum absolute atomic E-state index is 11.9. The van der Waals surface area contributed by atoms with Crippen LogP contribution in [0.25, 0.3) is 0 Å². The first-order valence-electron chi connectivity index (χ1n) is 6.31. The first kappa shape index (κ1) is 15.5. The average molecular weight is 313 g/mol. The lowest BCUT2D eigenvalue weighted by Crippen LogP contribution is -2.33. The molecule has 0 radical (unpaired) electrons. The molecule has 8 heteroatoms. The van der Waals surface area contributed by atoms with Crippen LogP contribution in [-0.4, -0.2) is 39.6 Å². The number of nitrogens with one attached hydrogen (secondary N) is 1. The number of benzene rings is 1. The summed E-state index contributed by atoms with van der Waals surface area (Å²) in [4.78, 5) is 22.7. The number of ether oxygens (including phenoxy) is 2. The lowest BCUT2D eigenvalue weighted by atomic mass is 10.2. The molecule has 114 valence electrons. The predicted molar refractivity (Wildman–Crippen MR) is 71.8 cm³/mol. The summed E-state index contributed by atoms with van der Waals surface area (Å²) in [5.41, 5.74) is 0.924. The molecule has 21 heavy (non-hydrogen) atoms. The van der Waals surface area contributed by atoms with Crippen LogP contribution in [0.1, 0.15) is 12.0 Å². The summed E-state index contributed by atoms with van der Waals surface area (Å²) >= 11 is 0. The molecule has 0 amide bonds. The number of carbonyl (C=O) groups excluding carboxylic acids is 2. The van der Waals surface area contributed by atoms with Gasteiger partial charge in [-0.3, -0.25) is 4.79 Å². The number of hydrogen-bond acceptors (Lipinski definition) is 6. The number of esters is 2. The van der Waals surface area contributed by atoms with E-state index in [4.69, 9.17) is 4.74 Å². The first-order chi connectivity index (χ1) is 9.88. The molecule has 1 aromatic carbocycles. The van der Waals surface area contributed by atoms with Crippen molar-refractivity contribution >= 4 is 22.0 Å². The Balaban J connectivity index is 1.90. The molecule has 7 nitrogen and oxygen atoms in total. The predicted octanol–water partition coefficient (Wildman–Crippen LogP) is 0.132. The average Bonchev–Trinajstić information content (AvgIpc) is 2.83. The van der Waals surface area contributed by atoms with Crippen molar-refractivity contribution in [2.45, 2.75) is 24.3 Å². The second-order valence-electron chi connectivity index (χ2n) is 4.57. The molecule has 1 aliphatic rings. The lowest BCUT2D eigenvalue weighted by molar-refractivity contribution is -0.159. The maximum atomic E-state index is 11.9. The molecule has 0 saturated carbocycles. The third-order valence-electron chi connectivity index (χ3n) is 2.90. The van der Waals surface area contributed by atoms with Crippen molar-refractivity contribution in [1.82, 2.24) is 4.72 Å².